The van der Waals surface area contributed by atoms with E-state index in [4.69, 9.17) is 9.15 Å². The minimum Gasteiger partial charge on any atom is -0.489 e. The van der Waals surface area contributed by atoms with Gasteiger partial charge in [-0.15, -0.1) is 0 Å². The standard InChI is InChI=1S/C13H17N3O3/c1-9(5-6-10-4-3-7-19-10)16-12-11(18-2)13(17)15-8-14-12/h3-4,7-9H,5-6H2,1-2H3,(H2,14,15,16,17). The molecule has 2 aromatic rings. The minimum atomic E-state index is -0.293. The summed E-state index contributed by atoms with van der Waals surface area (Å²) in [6.07, 6.45) is 4.71. The van der Waals surface area contributed by atoms with Crippen molar-refractivity contribution in [1.82, 2.24) is 9.97 Å². The SMILES string of the molecule is COc1c(NC(C)CCc2ccco2)nc[nH]c1=O. The number of ether oxygens (including phenoxy) is 1. The molecule has 0 amide bonds. The molecule has 2 N–H and O–H groups in total. The van der Waals surface area contributed by atoms with Crippen LogP contribution in [0.5, 0.6) is 5.75 Å². The third-order valence-corrected chi connectivity index (χ3v) is 2.80. The third kappa shape index (κ3) is 3.37. The fraction of sp³-hybridized carbons (Fsp3) is 0.385. The molecular formula is C13H17N3O3. The number of anilines is 1. The van der Waals surface area contributed by atoms with Gasteiger partial charge in [0.05, 0.1) is 19.7 Å². The molecule has 0 spiro atoms. The van der Waals surface area contributed by atoms with E-state index in [0.29, 0.717) is 5.82 Å². The molecule has 0 aliphatic carbocycles. The lowest BCUT2D eigenvalue weighted by atomic mass is 10.1. The number of rotatable bonds is 6. The monoisotopic (exact) mass is 263 g/mol. The topological polar surface area (TPSA) is 80.2 Å². The summed E-state index contributed by atoms with van der Waals surface area (Å²) in [4.78, 5) is 18.1. The highest BCUT2D eigenvalue weighted by Gasteiger charge is 2.11. The van der Waals surface area contributed by atoms with Gasteiger partial charge in [-0.2, -0.15) is 0 Å². The smallest absolute Gasteiger partial charge is 0.295 e. The molecule has 2 aromatic heterocycles. The predicted octanol–water partition coefficient (Wildman–Crippen LogP) is 1.80. The fourth-order valence-corrected chi connectivity index (χ4v) is 1.80. The van der Waals surface area contributed by atoms with E-state index in [9.17, 15) is 4.79 Å². The van der Waals surface area contributed by atoms with Crippen molar-refractivity contribution in [3.05, 3.63) is 40.8 Å². The van der Waals surface area contributed by atoms with Gasteiger partial charge in [-0.05, 0) is 25.5 Å². The molecule has 0 aromatic carbocycles. The van der Waals surface area contributed by atoms with Gasteiger partial charge in [0.2, 0.25) is 5.75 Å². The maximum absolute atomic E-state index is 11.5. The molecule has 102 valence electrons. The fourth-order valence-electron chi connectivity index (χ4n) is 1.80. The van der Waals surface area contributed by atoms with Crippen molar-refractivity contribution >= 4 is 5.82 Å². The van der Waals surface area contributed by atoms with Crippen molar-refractivity contribution in [3.63, 3.8) is 0 Å². The van der Waals surface area contributed by atoms with Gasteiger partial charge in [0.25, 0.3) is 5.56 Å². The highest BCUT2D eigenvalue weighted by atomic mass is 16.5. The van der Waals surface area contributed by atoms with E-state index < -0.39 is 0 Å². The highest BCUT2D eigenvalue weighted by Crippen LogP contribution is 2.17. The molecule has 0 aliphatic heterocycles. The summed E-state index contributed by atoms with van der Waals surface area (Å²) in [6.45, 7) is 2.02. The molecule has 2 heterocycles. The molecular weight excluding hydrogens is 246 g/mol. The first kappa shape index (κ1) is 13.2. The van der Waals surface area contributed by atoms with Gasteiger partial charge in [-0.25, -0.2) is 4.98 Å². The zero-order valence-corrected chi connectivity index (χ0v) is 11.0. The zero-order valence-electron chi connectivity index (χ0n) is 11.0. The minimum absolute atomic E-state index is 0.147. The Morgan fingerprint density at radius 1 is 1.58 bits per heavy atom. The van der Waals surface area contributed by atoms with Crippen LogP contribution in [0.2, 0.25) is 0 Å². The third-order valence-electron chi connectivity index (χ3n) is 2.80. The second kappa shape index (κ2) is 6.08. The Hall–Kier alpha value is -2.24. The first-order valence-electron chi connectivity index (χ1n) is 6.11. The molecule has 0 fully saturated rings. The average molecular weight is 263 g/mol. The number of furan rings is 1. The van der Waals surface area contributed by atoms with Crippen LogP contribution < -0.4 is 15.6 Å². The Labute approximate surface area is 110 Å². The summed E-state index contributed by atoms with van der Waals surface area (Å²) in [6, 6.07) is 3.96. The second-order valence-electron chi connectivity index (χ2n) is 4.28. The number of aromatic nitrogens is 2. The summed E-state index contributed by atoms with van der Waals surface area (Å²) in [7, 11) is 1.45. The largest absolute Gasteiger partial charge is 0.489 e. The Balaban J connectivity index is 1.97. The van der Waals surface area contributed by atoms with E-state index in [1.807, 2.05) is 19.1 Å². The second-order valence-corrected chi connectivity index (χ2v) is 4.28. The van der Waals surface area contributed by atoms with Gasteiger partial charge in [0.1, 0.15) is 5.76 Å². The Kier molecular flexibility index (Phi) is 4.22. The van der Waals surface area contributed by atoms with Crippen molar-refractivity contribution in [2.75, 3.05) is 12.4 Å². The number of aryl methyl sites for hydroxylation is 1. The number of nitrogens with one attached hydrogen (secondary N) is 2. The van der Waals surface area contributed by atoms with E-state index in [1.54, 1.807) is 6.26 Å². The predicted molar refractivity (Wildman–Crippen MR) is 71.5 cm³/mol. The van der Waals surface area contributed by atoms with E-state index in [1.165, 1.54) is 13.4 Å². The number of methoxy groups -OCH3 is 1. The Morgan fingerprint density at radius 3 is 3.11 bits per heavy atom. The van der Waals surface area contributed by atoms with Crippen molar-refractivity contribution in [2.24, 2.45) is 0 Å². The van der Waals surface area contributed by atoms with Crippen molar-refractivity contribution in [3.8, 4) is 5.75 Å². The number of aromatic amines is 1. The summed E-state index contributed by atoms with van der Waals surface area (Å²) in [5.41, 5.74) is -0.293. The molecule has 1 unspecified atom stereocenters. The lowest BCUT2D eigenvalue weighted by Gasteiger charge is -2.15. The Bertz CT molecular complexity index is 563. The summed E-state index contributed by atoms with van der Waals surface area (Å²) in [5.74, 6) is 1.60. The molecule has 0 saturated heterocycles. The summed E-state index contributed by atoms with van der Waals surface area (Å²) in [5, 5.41) is 3.17. The van der Waals surface area contributed by atoms with Crippen LogP contribution in [0, 0.1) is 0 Å². The number of hydrogen-bond donors (Lipinski definition) is 2. The van der Waals surface area contributed by atoms with Crippen LogP contribution >= 0.6 is 0 Å². The van der Waals surface area contributed by atoms with Crippen LogP contribution in [-0.2, 0) is 6.42 Å². The highest BCUT2D eigenvalue weighted by molar-refractivity contribution is 5.48. The maximum Gasteiger partial charge on any atom is 0.295 e. The molecule has 2 rings (SSSR count). The summed E-state index contributed by atoms with van der Waals surface area (Å²) >= 11 is 0. The van der Waals surface area contributed by atoms with Crippen molar-refractivity contribution < 1.29 is 9.15 Å². The number of hydrogen-bond acceptors (Lipinski definition) is 5. The number of nitrogens with zero attached hydrogens (tertiary/aromatic N) is 1. The zero-order chi connectivity index (χ0) is 13.7. The van der Waals surface area contributed by atoms with E-state index >= 15 is 0 Å². The molecule has 1 atom stereocenters. The van der Waals surface area contributed by atoms with E-state index in [2.05, 4.69) is 15.3 Å². The van der Waals surface area contributed by atoms with Crippen LogP contribution in [0.3, 0.4) is 0 Å². The maximum atomic E-state index is 11.5. The van der Waals surface area contributed by atoms with Gasteiger partial charge in [0, 0.05) is 12.5 Å². The van der Waals surface area contributed by atoms with Gasteiger partial charge < -0.3 is 19.5 Å². The van der Waals surface area contributed by atoms with Crippen LogP contribution in [0.25, 0.3) is 0 Å². The Morgan fingerprint density at radius 2 is 2.42 bits per heavy atom. The first-order chi connectivity index (χ1) is 9.20. The van der Waals surface area contributed by atoms with Crippen molar-refractivity contribution in [1.29, 1.82) is 0 Å². The van der Waals surface area contributed by atoms with Gasteiger partial charge in [0.15, 0.2) is 5.82 Å². The van der Waals surface area contributed by atoms with Crippen LogP contribution in [0.15, 0.2) is 33.9 Å². The van der Waals surface area contributed by atoms with Crippen molar-refractivity contribution in [2.45, 2.75) is 25.8 Å². The first-order valence-corrected chi connectivity index (χ1v) is 6.11. The molecule has 0 saturated carbocycles. The quantitative estimate of drug-likeness (QED) is 0.830. The van der Waals surface area contributed by atoms with Gasteiger partial charge in [-0.1, -0.05) is 0 Å². The van der Waals surface area contributed by atoms with Crippen LogP contribution in [-0.4, -0.2) is 23.1 Å². The normalized spacial score (nSPS) is 12.1. The van der Waals surface area contributed by atoms with Crippen LogP contribution in [0.4, 0.5) is 5.82 Å². The summed E-state index contributed by atoms with van der Waals surface area (Å²) < 4.78 is 10.3. The lowest BCUT2D eigenvalue weighted by Crippen LogP contribution is -2.20. The molecule has 0 bridgehead atoms. The molecule has 0 aliphatic rings. The van der Waals surface area contributed by atoms with Gasteiger partial charge in [-0.3, -0.25) is 4.79 Å². The molecule has 6 heteroatoms. The van der Waals surface area contributed by atoms with E-state index in [0.717, 1.165) is 18.6 Å². The van der Waals surface area contributed by atoms with Crippen LogP contribution in [0.1, 0.15) is 19.1 Å². The van der Waals surface area contributed by atoms with E-state index in [-0.39, 0.29) is 17.4 Å². The van der Waals surface area contributed by atoms with Gasteiger partial charge >= 0.3 is 0 Å². The molecule has 0 radical (unpaired) electrons. The molecule has 6 nitrogen and oxygen atoms in total. The lowest BCUT2D eigenvalue weighted by molar-refractivity contribution is 0.407. The number of H-pyrrole nitrogens is 1. The average Bonchev–Trinajstić information content (AvgIpc) is 2.90. The molecule has 19 heavy (non-hydrogen) atoms.